The minimum Gasteiger partial charge on any atom is -0.293 e. The zero-order chi connectivity index (χ0) is 14.0. The smallest absolute Gasteiger partial charge is 0.293 e. The number of ketones is 1. The Hall–Kier alpha value is -1.14. The first-order valence-electron chi connectivity index (χ1n) is 5.29. The number of carbonyl (C=O) groups excluding carboxylic acids is 1. The third-order valence-corrected chi connectivity index (χ3v) is 4.19. The second-order valence-corrected chi connectivity index (χ2v) is 5.75. The third-order valence-electron chi connectivity index (χ3n) is 2.46. The van der Waals surface area contributed by atoms with Gasteiger partial charge < -0.3 is 0 Å². The van der Waals surface area contributed by atoms with Crippen molar-refractivity contribution in [3.63, 3.8) is 0 Å². The highest BCUT2D eigenvalue weighted by Crippen LogP contribution is 2.30. The maximum atomic E-state index is 12.5. The molecule has 1 aromatic carbocycles. The molecule has 0 aliphatic carbocycles. The van der Waals surface area contributed by atoms with Crippen LogP contribution in [-0.2, 0) is 12.6 Å². The van der Waals surface area contributed by atoms with Crippen LogP contribution < -0.4 is 0 Å². The first-order valence-corrected chi connectivity index (χ1v) is 6.97. The Bertz CT molecular complexity index is 604. The summed E-state index contributed by atoms with van der Waals surface area (Å²) in [5, 5.41) is 1.76. The fourth-order valence-corrected chi connectivity index (χ4v) is 2.96. The Morgan fingerprint density at radius 2 is 2.00 bits per heavy atom. The molecule has 0 spiro atoms. The van der Waals surface area contributed by atoms with E-state index < -0.39 is 11.7 Å². The summed E-state index contributed by atoms with van der Waals surface area (Å²) in [7, 11) is 0. The van der Waals surface area contributed by atoms with Crippen LogP contribution in [0.2, 0.25) is 0 Å². The van der Waals surface area contributed by atoms with Crippen LogP contribution in [0.1, 0.15) is 20.8 Å². The zero-order valence-electron chi connectivity index (χ0n) is 9.50. The predicted octanol–water partition coefficient (Wildman–Crippen LogP) is 4.95. The average Bonchev–Trinajstić information content (AvgIpc) is 2.75. The van der Waals surface area contributed by atoms with E-state index in [0.717, 1.165) is 16.6 Å². The van der Waals surface area contributed by atoms with Crippen molar-refractivity contribution in [1.82, 2.24) is 0 Å². The maximum Gasteiger partial charge on any atom is 0.416 e. The molecule has 0 amide bonds. The molecule has 0 aliphatic heterocycles. The van der Waals surface area contributed by atoms with E-state index >= 15 is 0 Å². The summed E-state index contributed by atoms with van der Waals surface area (Å²) in [6.45, 7) is 0. The minimum absolute atomic E-state index is 0.0309. The lowest BCUT2D eigenvalue weighted by molar-refractivity contribution is -0.137. The van der Waals surface area contributed by atoms with Gasteiger partial charge in [0, 0.05) is 16.3 Å². The van der Waals surface area contributed by atoms with Crippen LogP contribution in [0.25, 0.3) is 0 Å². The first-order chi connectivity index (χ1) is 8.86. The maximum absolute atomic E-state index is 12.5. The number of carbonyl (C=O) groups is 1. The van der Waals surface area contributed by atoms with Gasteiger partial charge in [0.1, 0.15) is 0 Å². The van der Waals surface area contributed by atoms with Gasteiger partial charge in [-0.3, -0.25) is 4.79 Å². The lowest BCUT2D eigenvalue weighted by atomic mass is 10.0. The van der Waals surface area contributed by atoms with Crippen LogP contribution in [0.4, 0.5) is 13.2 Å². The second-order valence-electron chi connectivity index (χ2n) is 3.93. The number of alkyl halides is 3. The van der Waals surface area contributed by atoms with Gasteiger partial charge in [-0.15, -0.1) is 11.3 Å². The number of halogens is 4. The lowest BCUT2D eigenvalue weighted by Gasteiger charge is -2.08. The second kappa shape index (κ2) is 5.46. The highest BCUT2D eigenvalue weighted by molar-refractivity contribution is 9.10. The molecule has 2 rings (SSSR count). The van der Waals surface area contributed by atoms with Gasteiger partial charge in [-0.05, 0) is 33.6 Å². The molecule has 100 valence electrons. The van der Waals surface area contributed by atoms with E-state index in [9.17, 15) is 18.0 Å². The largest absolute Gasteiger partial charge is 0.416 e. The third kappa shape index (κ3) is 3.67. The molecule has 6 heteroatoms. The molecule has 0 bridgehead atoms. The summed E-state index contributed by atoms with van der Waals surface area (Å²) in [5.41, 5.74) is -0.366. The Morgan fingerprint density at radius 3 is 2.58 bits per heavy atom. The van der Waals surface area contributed by atoms with Crippen molar-refractivity contribution in [3.8, 4) is 0 Å². The van der Waals surface area contributed by atoms with E-state index in [-0.39, 0.29) is 12.2 Å². The summed E-state index contributed by atoms with van der Waals surface area (Å²) >= 11 is 4.50. The quantitative estimate of drug-likeness (QED) is 0.717. The van der Waals surface area contributed by atoms with Gasteiger partial charge in [-0.2, -0.15) is 13.2 Å². The highest BCUT2D eigenvalue weighted by atomic mass is 79.9. The van der Waals surface area contributed by atoms with Crippen molar-refractivity contribution in [3.05, 3.63) is 56.2 Å². The molecule has 0 saturated carbocycles. The SMILES string of the molecule is O=C(Cc1cccc(C(F)(F)F)c1)c1cc(Br)cs1. The van der Waals surface area contributed by atoms with Gasteiger partial charge in [-0.1, -0.05) is 18.2 Å². The monoisotopic (exact) mass is 348 g/mol. The highest BCUT2D eigenvalue weighted by Gasteiger charge is 2.30. The Labute approximate surface area is 120 Å². The molecule has 19 heavy (non-hydrogen) atoms. The normalized spacial score (nSPS) is 11.6. The topological polar surface area (TPSA) is 17.1 Å². The van der Waals surface area contributed by atoms with Crippen LogP contribution in [-0.4, -0.2) is 5.78 Å². The number of rotatable bonds is 3. The van der Waals surface area contributed by atoms with E-state index in [1.165, 1.54) is 23.5 Å². The molecule has 1 nitrogen and oxygen atoms in total. The Morgan fingerprint density at radius 1 is 1.26 bits per heavy atom. The van der Waals surface area contributed by atoms with Crippen LogP contribution in [0.5, 0.6) is 0 Å². The molecule has 1 heterocycles. The van der Waals surface area contributed by atoms with Gasteiger partial charge in [0.15, 0.2) is 5.78 Å². The number of thiophene rings is 1. The van der Waals surface area contributed by atoms with Crippen LogP contribution in [0.3, 0.4) is 0 Å². The van der Waals surface area contributed by atoms with Crippen LogP contribution in [0, 0.1) is 0 Å². The first kappa shape index (κ1) is 14.3. The van der Waals surface area contributed by atoms with Gasteiger partial charge >= 0.3 is 6.18 Å². The molecule has 0 aliphatic rings. The molecule has 0 radical (unpaired) electrons. The molecule has 2 aromatic rings. The average molecular weight is 349 g/mol. The summed E-state index contributed by atoms with van der Waals surface area (Å²) in [6.07, 6.45) is -4.41. The van der Waals surface area contributed by atoms with Crippen molar-refractivity contribution in [2.45, 2.75) is 12.6 Å². The van der Waals surface area contributed by atoms with Gasteiger partial charge in [0.2, 0.25) is 0 Å². The number of benzene rings is 1. The zero-order valence-corrected chi connectivity index (χ0v) is 11.9. The predicted molar refractivity (Wildman–Crippen MR) is 71.5 cm³/mol. The summed E-state index contributed by atoms with van der Waals surface area (Å²) in [5.74, 6) is -0.185. The van der Waals surface area contributed by atoms with Crippen LogP contribution >= 0.6 is 27.3 Å². The standard InChI is InChI=1S/C13H8BrF3OS/c14-10-6-12(19-7-10)11(18)5-8-2-1-3-9(4-8)13(15,16)17/h1-4,6-7H,5H2. The van der Waals surface area contributed by atoms with E-state index in [2.05, 4.69) is 15.9 Å². The van der Waals surface area contributed by atoms with Gasteiger partial charge in [0.25, 0.3) is 0 Å². The fourth-order valence-electron chi connectivity index (χ4n) is 1.59. The number of hydrogen-bond donors (Lipinski definition) is 0. The van der Waals surface area contributed by atoms with Gasteiger partial charge in [0.05, 0.1) is 10.4 Å². The molecule has 1 aromatic heterocycles. The summed E-state index contributed by atoms with van der Waals surface area (Å²) < 4.78 is 38.4. The van der Waals surface area contributed by atoms with Crippen molar-refractivity contribution >= 4 is 33.0 Å². The van der Waals surface area contributed by atoms with Crippen molar-refractivity contribution in [2.75, 3.05) is 0 Å². The lowest BCUT2D eigenvalue weighted by Crippen LogP contribution is -2.07. The van der Waals surface area contributed by atoms with E-state index in [1.54, 1.807) is 11.4 Å². The van der Waals surface area contributed by atoms with E-state index in [0.29, 0.717) is 10.4 Å². The fraction of sp³-hybridized carbons (Fsp3) is 0.154. The van der Waals surface area contributed by atoms with Crippen molar-refractivity contribution in [2.24, 2.45) is 0 Å². The van der Waals surface area contributed by atoms with Crippen molar-refractivity contribution in [1.29, 1.82) is 0 Å². The minimum atomic E-state index is -4.38. The van der Waals surface area contributed by atoms with Gasteiger partial charge in [-0.25, -0.2) is 0 Å². The van der Waals surface area contributed by atoms with E-state index in [4.69, 9.17) is 0 Å². The number of Topliss-reactive ketones (excluding diaryl/α,β-unsaturated/α-hetero) is 1. The molecule has 0 saturated heterocycles. The Kier molecular flexibility index (Phi) is 4.10. The molecule has 0 N–H and O–H groups in total. The summed E-state index contributed by atoms with van der Waals surface area (Å²) in [4.78, 5) is 12.4. The molecule has 0 fully saturated rings. The molecular formula is C13H8BrF3OS. The summed E-state index contributed by atoms with van der Waals surface area (Å²) in [6, 6.07) is 6.52. The molecular weight excluding hydrogens is 341 g/mol. The molecule has 0 unspecified atom stereocenters. The van der Waals surface area contributed by atoms with Crippen LogP contribution in [0.15, 0.2) is 40.2 Å². The van der Waals surface area contributed by atoms with Crippen molar-refractivity contribution < 1.29 is 18.0 Å². The molecule has 0 atom stereocenters. The van der Waals surface area contributed by atoms with E-state index in [1.807, 2.05) is 0 Å². The number of hydrogen-bond acceptors (Lipinski definition) is 2. The Balaban J connectivity index is 2.18.